The molecular weight excluding hydrogens is 342 g/mol. The van der Waals surface area contributed by atoms with E-state index in [4.69, 9.17) is 16.3 Å². The third-order valence-corrected chi connectivity index (χ3v) is 5.33. The van der Waals surface area contributed by atoms with Crippen molar-refractivity contribution in [2.45, 2.75) is 31.3 Å². The minimum atomic E-state index is -3.64. The maximum absolute atomic E-state index is 12.5. The Morgan fingerprint density at radius 2 is 1.87 bits per heavy atom. The number of hydrogen-bond acceptors (Lipinski definition) is 5. The van der Waals surface area contributed by atoms with Crippen LogP contribution in [0.4, 0.5) is 4.79 Å². The van der Waals surface area contributed by atoms with Crippen LogP contribution >= 0.6 is 11.6 Å². The Balaban J connectivity index is 2.03. The number of halogens is 1. The fraction of sp³-hybridized carbons (Fsp3) is 0.571. The van der Waals surface area contributed by atoms with Crippen molar-refractivity contribution >= 4 is 27.7 Å². The average Bonchev–Trinajstić information content (AvgIpc) is 2.45. The lowest BCUT2D eigenvalue weighted by Crippen LogP contribution is -2.51. The van der Waals surface area contributed by atoms with E-state index in [-0.39, 0.29) is 36.2 Å². The molecule has 1 aromatic rings. The first kappa shape index (κ1) is 18.0. The summed E-state index contributed by atoms with van der Waals surface area (Å²) in [5.74, 6) is 0. The lowest BCUT2D eigenvalue weighted by Gasteiger charge is -2.34. The Morgan fingerprint density at radius 1 is 1.26 bits per heavy atom. The predicted molar refractivity (Wildman–Crippen MR) is 85.8 cm³/mol. The molecule has 0 aliphatic carbocycles. The van der Waals surface area contributed by atoms with Gasteiger partial charge in [0.2, 0.25) is 10.0 Å². The highest BCUT2D eigenvalue weighted by Gasteiger charge is 2.32. The summed E-state index contributed by atoms with van der Waals surface area (Å²) in [6.45, 7) is 6.36. The average molecular weight is 362 g/mol. The lowest BCUT2D eigenvalue weighted by molar-refractivity contribution is 0.0192. The molecule has 1 aromatic heterocycles. The van der Waals surface area contributed by atoms with E-state index in [1.54, 1.807) is 20.8 Å². The van der Waals surface area contributed by atoms with Gasteiger partial charge in [-0.25, -0.2) is 18.2 Å². The first-order valence-corrected chi connectivity index (χ1v) is 9.01. The Kier molecular flexibility index (Phi) is 5.17. The van der Waals surface area contributed by atoms with Crippen LogP contribution in [0.5, 0.6) is 0 Å². The van der Waals surface area contributed by atoms with Gasteiger partial charge < -0.3 is 9.64 Å². The fourth-order valence-corrected chi connectivity index (χ4v) is 3.81. The standard InChI is InChI=1S/C14H20ClN3O4S/c1-14(2,3)22-13(19)17-6-8-18(9-7-17)23(20,21)11-4-5-16-12(15)10-11/h4-5,10H,6-9H2,1-3H3. The molecule has 0 radical (unpaired) electrons. The van der Waals surface area contributed by atoms with Gasteiger partial charge in [-0.2, -0.15) is 4.31 Å². The van der Waals surface area contributed by atoms with Gasteiger partial charge in [0.15, 0.2) is 0 Å². The number of pyridine rings is 1. The highest BCUT2D eigenvalue weighted by atomic mass is 35.5. The van der Waals surface area contributed by atoms with Crippen molar-refractivity contribution < 1.29 is 17.9 Å². The molecule has 0 aromatic carbocycles. The number of sulfonamides is 1. The minimum absolute atomic E-state index is 0.100. The van der Waals surface area contributed by atoms with Gasteiger partial charge in [-0.1, -0.05) is 11.6 Å². The van der Waals surface area contributed by atoms with Crippen LogP contribution < -0.4 is 0 Å². The smallest absolute Gasteiger partial charge is 0.410 e. The lowest BCUT2D eigenvalue weighted by atomic mass is 10.2. The summed E-state index contributed by atoms with van der Waals surface area (Å²) in [6.07, 6.45) is 0.924. The maximum atomic E-state index is 12.5. The first-order chi connectivity index (χ1) is 10.6. The molecular formula is C14H20ClN3O4S. The number of ether oxygens (including phenoxy) is 1. The monoisotopic (exact) mass is 361 g/mol. The molecule has 1 aliphatic rings. The largest absolute Gasteiger partial charge is 0.444 e. The van der Waals surface area contributed by atoms with Gasteiger partial charge in [0.1, 0.15) is 10.8 Å². The second-order valence-corrected chi connectivity index (χ2v) is 8.51. The summed E-state index contributed by atoms with van der Waals surface area (Å²) in [4.78, 5) is 17.4. The minimum Gasteiger partial charge on any atom is -0.444 e. The van der Waals surface area contributed by atoms with Gasteiger partial charge in [-0.3, -0.25) is 0 Å². The second kappa shape index (κ2) is 6.62. The van der Waals surface area contributed by atoms with Crippen molar-refractivity contribution in [2.24, 2.45) is 0 Å². The first-order valence-electron chi connectivity index (χ1n) is 7.19. The molecule has 0 bridgehead atoms. The number of carbonyl (C=O) groups excluding carboxylic acids is 1. The molecule has 0 N–H and O–H groups in total. The zero-order valence-corrected chi connectivity index (χ0v) is 14.9. The highest BCUT2D eigenvalue weighted by molar-refractivity contribution is 7.89. The molecule has 0 unspecified atom stereocenters. The number of carbonyl (C=O) groups is 1. The zero-order valence-electron chi connectivity index (χ0n) is 13.3. The molecule has 0 spiro atoms. The number of aromatic nitrogens is 1. The highest BCUT2D eigenvalue weighted by Crippen LogP contribution is 2.20. The van der Waals surface area contributed by atoms with Crippen LogP contribution in [-0.4, -0.2) is 60.5 Å². The zero-order chi connectivity index (χ0) is 17.3. The molecule has 7 nitrogen and oxygen atoms in total. The number of hydrogen-bond donors (Lipinski definition) is 0. The maximum Gasteiger partial charge on any atom is 0.410 e. The van der Waals surface area contributed by atoms with Gasteiger partial charge in [0.05, 0.1) is 4.90 Å². The number of nitrogens with zero attached hydrogens (tertiary/aromatic N) is 3. The van der Waals surface area contributed by atoms with Crippen LogP contribution in [0.1, 0.15) is 20.8 Å². The Hall–Kier alpha value is -1.38. The predicted octanol–water partition coefficient (Wildman–Crippen LogP) is 1.98. The molecule has 2 heterocycles. The van der Waals surface area contributed by atoms with Crippen molar-refractivity contribution in [1.82, 2.24) is 14.2 Å². The molecule has 1 saturated heterocycles. The molecule has 128 valence electrons. The van der Waals surface area contributed by atoms with E-state index in [9.17, 15) is 13.2 Å². The third-order valence-electron chi connectivity index (χ3n) is 3.23. The van der Waals surface area contributed by atoms with Crippen molar-refractivity contribution in [3.8, 4) is 0 Å². The van der Waals surface area contributed by atoms with Crippen LogP contribution in [-0.2, 0) is 14.8 Å². The van der Waals surface area contributed by atoms with E-state index in [1.807, 2.05) is 0 Å². The normalized spacial score (nSPS) is 17.1. The van der Waals surface area contributed by atoms with Crippen LogP contribution in [0, 0.1) is 0 Å². The molecule has 1 fully saturated rings. The van der Waals surface area contributed by atoms with Crippen molar-refractivity contribution in [1.29, 1.82) is 0 Å². The SMILES string of the molecule is CC(C)(C)OC(=O)N1CCN(S(=O)(=O)c2ccnc(Cl)c2)CC1. The molecule has 9 heteroatoms. The summed E-state index contributed by atoms with van der Waals surface area (Å²) in [6, 6.07) is 2.72. The Labute approximate surface area is 141 Å². The second-order valence-electron chi connectivity index (χ2n) is 6.19. The van der Waals surface area contributed by atoms with Gasteiger partial charge in [0, 0.05) is 32.4 Å². The summed E-state index contributed by atoms with van der Waals surface area (Å²) >= 11 is 5.75. The Bertz CT molecular complexity index is 680. The van der Waals surface area contributed by atoms with Crippen LogP contribution in [0.15, 0.2) is 23.2 Å². The summed E-state index contributed by atoms with van der Waals surface area (Å²) in [7, 11) is -3.64. The van der Waals surface area contributed by atoms with Gasteiger partial charge >= 0.3 is 6.09 Å². The molecule has 0 saturated carbocycles. The summed E-state index contributed by atoms with van der Waals surface area (Å²) in [5, 5.41) is 0.124. The van der Waals surface area contributed by atoms with Gasteiger partial charge in [-0.15, -0.1) is 0 Å². The number of piperazine rings is 1. The van der Waals surface area contributed by atoms with E-state index in [1.165, 1.54) is 27.5 Å². The Morgan fingerprint density at radius 3 is 2.39 bits per heavy atom. The summed E-state index contributed by atoms with van der Waals surface area (Å²) in [5.41, 5.74) is -0.575. The van der Waals surface area contributed by atoms with E-state index in [0.717, 1.165) is 0 Å². The molecule has 1 aliphatic heterocycles. The van der Waals surface area contributed by atoms with Gasteiger partial charge in [-0.05, 0) is 32.9 Å². The molecule has 1 amide bonds. The number of amides is 1. The van der Waals surface area contributed by atoms with E-state index >= 15 is 0 Å². The van der Waals surface area contributed by atoms with Crippen molar-refractivity contribution in [3.05, 3.63) is 23.5 Å². The van der Waals surface area contributed by atoms with E-state index in [2.05, 4.69) is 4.98 Å². The molecule has 2 rings (SSSR count). The third kappa shape index (κ3) is 4.55. The van der Waals surface area contributed by atoms with Gasteiger partial charge in [0.25, 0.3) is 0 Å². The fourth-order valence-electron chi connectivity index (χ4n) is 2.13. The number of rotatable bonds is 2. The van der Waals surface area contributed by atoms with E-state index < -0.39 is 21.7 Å². The van der Waals surface area contributed by atoms with E-state index in [0.29, 0.717) is 0 Å². The van der Waals surface area contributed by atoms with Crippen molar-refractivity contribution in [2.75, 3.05) is 26.2 Å². The van der Waals surface area contributed by atoms with Crippen LogP contribution in [0.3, 0.4) is 0 Å². The van der Waals surface area contributed by atoms with Crippen LogP contribution in [0.2, 0.25) is 5.15 Å². The van der Waals surface area contributed by atoms with Crippen LogP contribution in [0.25, 0.3) is 0 Å². The summed E-state index contributed by atoms with van der Waals surface area (Å²) < 4.78 is 31.7. The topological polar surface area (TPSA) is 79.8 Å². The molecule has 23 heavy (non-hydrogen) atoms. The molecule has 0 atom stereocenters. The van der Waals surface area contributed by atoms with Crippen molar-refractivity contribution in [3.63, 3.8) is 0 Å². The quantitative estimate of drug-likeness (QED) is 0.752.